The lowest BCUT2D eigenvalue weighted by molar-refractivity contribution is 0.0936. The zero-order valence-electron chi connectivity index (χ0n) is 20.2. The largest absolute Gasteiger partial charge is 0.496 e. The number of pyridine rings is 1. The van der Waals surface area contributed by atoms with E-state index in [4.69, 9.17) is 16.3 Å². The maximum atomic E-state index is 13.0. The van der Waals surface area contributed by atoms with E-state index in [0.717, 1.165) is 49.1 Å². The van der Waals surface area contributed by atoms with Crippen molar-refractivity contribution >= 4 is 23.3 Å². The lowest BCUT2D eigenvalue weighted by Gasteiger charge is -2.39. The molecule has 0 spiro atoms. The van der Waals surface area contributed by atoms with Crippen LogP contribution >= 0.6 is 11.6 Å². The summed E-state index contributed by atoms with van der Waals surface area (Å²) in [4.78, 5) is 19.9. The van der Waals surface area contributed by atoms with E-state index in [0.29, 0.717) is 35.5 Å². The number of amides is 1. The van der Waals surface area contributed by atoms with E-state index in [1.54, 1.807) is 18.0 Å². The first-order chi connectivity index (χ1) is 15.9. The Hall–Kier alpha value is -2.28. The molecule has 0 bridgehead atoms. The first-order valence-electron chi connectivity index (χ1n) is 12.3. The van der Waals surface area contributed by atoms with Gasteiger partial charge in [0.05, 0.1) is 23.4 Å². The predicted octanol–water partition coefficient (Wildman–Crippen LogP) is 5.03. The first kappa shape index (κ1) is 23.9. The van der Waals surface area contributed by atoms with Crippen molar-refractivity contribution in [3.63, 3.8) is 0 Å². The van der Waals surface area contributed by atoms with E-state index in [9.17, 15) is 4.79 Å². The van der Waals surface area contributed by atoms with Gasteiger partial charge >= 0.3 is 0 Å². The Bertz CT molecular complexity index is 977. The Balaban J connectivity index is 1.54. The minimum absolute atomic E-state index is 0.221. The monoisotopic (exact) mass is 473 g/mol. The number of carbonyl (C=O) groups is 1. The number of hydrogen-bond acceptors (Lipinski definition) is 5. The molecule has 2 aromatic heterocycles. The molecule has 2 aliphatic rings. The zero-order valence-corrected chi connectivity index (χ0v) is 21.0. The van der Waals surface area contributed by atoms with Gasteiger partial charge in [0.25, 0.3) is 5.91 Å². The van der Waals surface area contributed by atoms with Crippen molar-refractivity contribution in [2.75, 3.05) is 31.6 Å². The fraction of sp³-hybridized carbons (Fsp3) is 0.640. The number of rotatable bonds is 8. The minimum atomic E-state index is -0.221. The summed E-state index contributed by atoms with van der Waals surface area (Å²) in [5.74, 6) is 3.41. The number of methoxy groups -OCH3 is 1. The molecule has 0 radical (unpaired) electrons. The van der Waals surface area contributed by atoms with Gasteiger partial charge in [-0.2, -0.15) is 5.10 Å². The summed E-state index contributed by atoms with van der Waals surface area (Å²) < 4.78 is 7.46. The fourth-order valence-corrected chi connectivity index (χ4v) is 5.21. The SMILES string of the molecule is CCC1CN(c2cc(OC)c(-c3c(Cl)c(C(=O)NCC4CCC(C)CC4)nn3CC)cn2)C1. The van der Waals surface area contributed by atoms with Crippen molar-refractivity contribution in [3.05, 3.63) is 23.0 Å². The summed E-state index contributed by atoms with van der Waals surface area (Å²) in [5.41, 5.74) is 1.67. The molecule has 1 N–H and O–H groups in total. The summed E-state index contributed by atoms with van der Waals surface area (Å²) in [6, 6.07) is 1.95. The standard InChI is InChI=1S/C25H36ClN5O2/c1-5-17-14-30(15-17)21-11-20(33-4)19(13-27-21)24-22(26)23(29-31(24)6-2)25(32)28-12-18-9-7-16(3)8-10-18/h11,13,16-18H,5-10,12,14-15H2,1-4H3,(H,28,32). The first-order valence-corrected chi connectivity index (χ1v) is 12.7. The molecule has 0 atom stereocenters. The van der Waals surface area contributed by atoms with Crippen LogP contribution in [-0.2, 0) is 6.54 Å². The average molecular weight is 474 g/mol. The minimum Gasteiger partial charge on any atom is -0.496 e. The number of aromatic nitrogens is 3. The van der Waals surface area contributed by atoms with Gasteiger partial charge in [-0.05, 0) is 43.9 Å². The molecule has 1 aliphatic carbocycles. The lowest BCUT2D eigenvalue weighted by Crippen LogP contribution is -2.46. The number of carbonyl (C=O) groups excluding carboxylic acids is 1. The second-order valence-electron chi connectivity index (χ2n) is 9.58. The molecule has 7 nitrogen and oxygen atoms in total. The summed E-state index contributed by atoms with van der Waals surface area (Å²) >= 11 is 6.75. The molecule has 2 fully saturated rings. The van der Waals surface area contributed by atoms with Crippen molar-refractivity contribution in [2.45, 2.75) is 59.4 Å². The highest BCUT2D eigenvalue weighted by molar-refractivity contribution is 6.36. The third-order valence-electron chi connectivity index (χ3n) is 7.28. The van der Waals surface area contributed by atoms with E-state index in [1.165, 1.54) is 19.3 Å². The predicted molar refractivity (Wildman–Crippen MR) is 132 cm³/mol. The topological polar surface area (TPSA) is 72.3 Å². The Morgan fingerprint density at radius 3 is 2.58 bits per heavy atom. The molecule has 1 amide bonds. The number of nitrogens with one attached hydrogen (secondary N) is 1. The second-order valence-corrected chi connectivity index (χ2v) is 9.96. The van der Waals surface area contributed by atoms with Crippen molar-refractivity contribution in [1.82, 2.24) is 20.1 Å². The van der Waals surface area contributed by atoms with Gasteiger partial charge in [0.15, 0.2) is 5.69 Å². The molecule has 1 saturated heterocycles. The average Bonchev–Trinajstić information content (AvgIpc) is 3.13. The Labute approximate surface area is 201 Å². The number of anilines is 1. The molecular formula is C25H36ClN5O2. The van der Waals surface area contributed by atoms with Crippen LogP contribution in [0.5, 0.6) is 5.75 Å². The Morgan fingerprint density at radius 1 is 1.21 bits per heavy atom. The molecule has 1 aliphatic heterocycles. The van der Waals surface area contributed by atoms with Gasteiger partial charge in [-0.25, -0.2) is 4.98 Å². The van der Waals surface area contributed by atoms with Gasteiger partial charge in [0, 0.05) is 38.4 Å². The Kier molecular flexibility index (Phi) is 7.47. The van der Waals surface area contributed by atoms with Crippen LogP contribution in [0, 0.1) is 17.8 Å². The van der Waals surface area contributed by atoms with Gasteiger partial charge in [-0.3, -0.25) is 9.48 Å². The number of aryl methyl sites for hydroxylation is 1. The molecule has 1 saturated carbocycles. The maximum Gasteiger partial charge on any atom is 0.273 e. The van der Waals surface area contributed by atoms with Crippen LogP contribution in [0.1, 0.15) is 63.4 Å². The summed E-state index contributed by atoms with van der Waals surface area (Å²) in [5, 5.41) is 7.95. The van der Waals surface area contributed by atoms with Gasteiger partial charge in [0.2, 0.25) is 0 Å². The van der Waals surface area contributed by atoms with Crippen molar-refractivity contribution in [3.8, 4) is 17.0 Å². The van der Waals surface area contributed by atoms with Crippen molar-refractivity contribution in [1.29, 1.82) is 0 Å². The molecule has 8 heteroatoms. The number of hydrogen-bond donors (Lipinski definition) is 1. The Morgan fingerprint density at radius 2 is 1.94 bits per heavy atom. The quantitative estimate of drug-likeness (QED) is 0.582. The molecule has 0 aromatic carbocycles. The number of nitrogens with zero attached hydrogens (tertiary/aromatic N) is 4. The van der Waals surface area contributed by atoms with Crippen LogP contribution in [0.25, 0.3) is 11.3 Å². The van der Waals surface area contributed by atoms with Crippen LogP contribution in [0.4, 0.5) is 5.82 Å². The fourth-order valence-electron chi connectivity index (χ4n) is 4.89. The van der Waals surface area contributed by atoms with E-state index in [-0.39, 0.29) is 11.6 Å². The lowest BCUT2D eigenvalue weighted by atomic mass is 9.83. The molecule has 33 heavy (non-hydrogen) atoms. The number of ether oxygens (including phenoxy) is 1. The molecule has 4 rings (SSSR count). The summed E-state index contributed by atoms with van der Waals surface area (Å²) in [6.07, 6.45) is 7.75. The molecule has 180 valence electrons. The van der Waals surface area contributed by atoms with Crippen LogP contribution < -0.4 is 15.0 Å². The molecule has 3 heterocycles. The van der Waals surface area contributed by atoms with Crippen LogP contribution in [-0.4, -0.2) is 47.4 Å². The van der Waals surface area contributed by atoms with Gasteiger partial charge in [0.1, 0.15) is 11.6 Å². The van der Waals surface area contributed by atoms with Crippen molar-refractivity contribution in [2.24, 2.45) is 17.8 Å². The van der Waals surface area contributed by atoms with Gasteiger partial charge in [-0.1, -0.05) is 38.3 Å². The van der Waals surface area contributed by atoms with E-state index >= 15 is 0 Å². The number of halogens is 1. The van der Waals surface area contributed by atoms with Crippen LogP contribution in [0.3, 0.4) is 0 Å². The zero-order chi connectivity index (χ0) is 23.5. The van der Waals surface area contributed by atoms with E-state index < -0.39 is 0 Å². The van der Waals surface area contributed by atoms with Gasteiger partial charge < -0.3 is 15.0 Å². The van der Waals surface area contributed by atoms with Crippen LogP contribution in [0.2, 0.25) is 5.02 Å². The highest BCUT2D eigenvalue weighted by atomic mass is 35.5. The summed E-state index contributed by atoms with van der Waals surface area (Å²) in [6.45, 7) is 9.79. The van der Waals surface area contributed by atoms with Crippen molar-refractivity contribution < 1.29 is 9.53 Å². The normalized spacial score (nSPS) is 21.1. The highest BCUT2D eigenvalue weighted by Crippen LogP contribution is 2.39. The maximum absolute atomic E-state index is 13.0. The van der Waals surface area contributed by atoms with Crippen LogP contribution in [0.15, 0.2) is 12.3 Å². The third kappa shape index (κ3) is 4.98. The smallest absolute Gasteiger partial charge is 0.273 e. The van der Waals surface area contributed by atoms with Gasteiger partial charge in [-0.15, -0.1) is 0 Å². The molecule has 0 unspecified atom stereocenters. The third-order valence-corrected chi connectivity index (χ3v) is 7.64. The summed E-state index contributed by atoms with van der Waals surface area (Å²) in [7, 11) is 1.65. The molecule has 2 aromatic rings. The molecular weight excluding hydrogens is 438 g/mol. The van der Waals surface area contributed by atoms with E-state index in [2.05, 4.69) is 34.1 Å². The highest BCUT2D eigenvalue weighted by Gasteiger charge is 2.29. The second kappa shape index (κ2) is 10.3. The van der Waals surface area contributed by atoms with E-state index in [1.807, 2.05) is 13.0 Å².